The van der Waals surface area contributed by atoms with E-state index in [1.807, 2.05) is 6.92 Å². The molecule has 23 heavy (non-hydrogen) atoms. The lowest BCUT2D eigenvalue weighted by atomic mass is 9.62. The predicted octanol–water partition coefficient (Wildman–Crippen LogP) is 1.79. The van der Waals surface area contributed by atoms with Crippen molar-refractivity contribution in [2.24, 2.45) is 16.7 Å². The fourth-order valence-corrected chi connectivity index (χ4v) is 2.93. The van der Waals surface area contributed by atoms with Crippen LogP contribution in [0.3, 0.4) is 0 Å². The van der Waals surface area contributed by atoms with Crippen molar-refractivity contribution in [3.05, 3.63) is 0 Å². The van der Waals surface area contributed by atoms with E-state index in [2.05, 4.69) is 0 Å². The van der Waals surface area contributed by atoms with E-state index in [4.69, 9.17) is 4.74 Å². The summed E-state index contributed by atoms with van der Waals surface area (Å²) < 4.78 is 5.15. The lowest BCUT2D eigenvalue weighted by molar-refractivity contribution is -0.208. The highest BCUT2D eigenvalue weighted by Gasteiger charge is 2.47. The van der Waals surface area contributed by atoms with Crippen LogP contribution < -0.4 is 0 Å². The molecule has 0 heterocycles. The Kier molecular flexibility index (Phi) is 9.28. The third kappa shape index (κ3) is 6.75. The van der Waals surface area contributed by atoms with Gasteiger partial charge in [0.15, 0.2) is 12.6 Å². The van der Waals surface area contributed by atoms with E-state index >= 15 is 0 Å². The van der Waals surface area contributed by atoms with E-state index in [1.54, 1.807) is 27.7 Å². The lowest BCUT2D eigenvalue weighted by Crippen LogP contribution is -2.48. The van der Waals surface area contributed by atoms with Gasteiger partial charge in [-0.3, -0.25) is 4.79 Å². The van der Waals surface area contributed by atoms with Crippen molar-refractivity contribution in [1.82, 2.24) is 0 Å². The predicted molar refractivity (Wildman–Crippen MR) is 87.2 cm³/mol. The van der Waals surface area contributed by atoms with Crippen molar-refractivity contribution in [2.75, 3.05) is 6.61 Å². The minimum atomic E-state index is -1.59. The molecule has 0 saturated carbocycles. The smallest absolute Gasteiger partial charge is 0.305 e. The van der Waals surface area contributed by atoms with E-state index in [1.165, 1.54) is 0 Å². The molecule has 0 aromatic heterocycles. The van der Waals surface area contributed by atoms with Gasteiger partial charge in [0.25, 0.3) is 0 Å². The maximum atomic E-state index is 11.5. The number of hydrogen-bond donors (Lipinski definition) is 4. The maximum Gasteiger partial charge on any atom is 0.305 e. The summed E-state index contributed by atoms with van der Waals surface area (Å²) in [5.74, 6) is -0.615. The van der Waals surface area contributed by atoms with Gasteiger partial charge in [0.05, 0.1) is 6.61 Å². The zero-order valence-electron chi connectivity index (χ0n) is 15.1. The summed E-state index contributed by atoms with van der Waals surface area (Å²) in [4.78, 5) is 11.5. The monoisotopic (exact) mass is 334 g/mol. The van der Waals surface area contributed by atoms with Crippen LogP contribution in [-0.2, 0) is 9.53 Å². The van der Waals surface area contributed by atoms with Crippen molar-refractivity contribution in [3.8, 4) is 0 Å². The molecule has 0 aromatic rings. The highest BCUT2D eigenvalue weighted by Crippen LogP contribution is 2.46. The van der Waals surface area contributed by atoms with Crippen molar-refractivity contribution in [2.45, 2.75) is 79.3 Å². The molecule has 0 atom stereocenters. The Morgan fingerprint density at radius 1 is 0.957 bits per heavy atom. The summed E-state index contributed by atoms with van der Waals surface area (Å²) in [6.07, 6.45) is -0.0282. The summed E-state index contributed by atoms with van der Waals surface area (Å²) in [7, 11) is 0. The van der Waals surface area contributed by atoms with Gasteiger partial charge >= 0.3 is 5.97 Å². The summed E-state index contributed by atoms with van der Waals surface area (Å²) in [6.45, 7) is 8.97. The van der Waals surface area contributed by atoms with Crippen molar-refractivity contribution in [3.63, 3.8) is 0 Å². The average Bonchev–Trinajstić information content (AvgIpc) is 2.43. The van der Waals surface area contributed by atoms with Gasteiger partial charge < -0.3 is 25.2 Å². The van der Waals surface area contributed by atoms with Crippen LogP contribution >= 0.6 is 0 Å². The van der Waals surface area contributed by atoms with Crippen LogP contribution in [0.15, 0.2) is 0 Å². The van der Waals surface area contributed by atoms with E-state index in [-0.39, 0.29) is 18.5 Å². The maximum absolute atomic E-state index is 11.5. The number of aliphatic hydroxyl groups excluding tert-OH is 2. The number of aliphatic hydroxyl groups is 4. The van der Waals surface area contributed by atoms with Crippen LogP contribution in [0.5, 0.6) is 0 Å². The number of ether oxygens (including phenoxy) is 1. The fourth-order valence-electron chi connectivity index (χ4n) is 2.93. The van der Waals surface area contributed by atoms with Gasteiger partial charge in [0.1, 0.15) is 0 Å². The van der Waals surface area contributed by atoms with Gasteiger partial charge in [-0.15, -0.1) is 0 Å². The zero-order chi connectivity index (χ0) is 18.3. The van der Waals surface area contributed by atoms with Gasteiger partial charge in [0, 0.05) is 17.3 Å². The molecule has 4 N–H and O–H groups in total. The first-order chi connectivity index (χ1) is 10.5. The molecule has 0 saturated heterocycles. The Labute approximate surface area is 139 Å². The molecule has 0 aliphatic rings. The van der Waals surface area contributed by atoms with Gasteiger partial charge in [0.2, 0.25) is 0 Å². The van der Waals surface area contributed by atoms with Crippen molar-refractivity contribution >= 4 is 5.97 Å². The number of esters is 1. The highest BCUT2D eigenvalue weighted by atomic mass is 16.5. The van der Waals surface area contributed by atoms with Crippen LogP contribution in [0.4, 0.5) is 0 Å². The quantitative estimate of drug-likeness (QED) is 0.261. The second-order valence-corrected chi connectivity index (χ2v) is 7.41. The van der Waals surface area contributed by atoms with Gasteiger partial charge in [-0.1, -0.05) is 41.0 Å². The average molecular weight is 334 g/mol. The molecule has 0 amide bonds. The van der Waals surface area contributed by atoms with E-state index in [9.17, 15) is 25.2 Å². The van der Waals surface area contributed by atoms with E-state index in [0.717, 1.165) is 12.8 Å². The first-order valence-electron chi connectivity index (χ1n) is 8.35. The minimum absolute atomic E-state index is 0.230. The van der Waals surface area contributed by atoms with E-state index < -0.39 is 23.4 Å². The molecule has 0 aromatic carbocycles. The molecule has 6 heteroatoms. The zero-order valence-corrected chi connectivity index (χ0v) is 15.1. The Morgan fingerprint density at radius 2 is 1.43 bits per heavy atom. The van der Waals surface area contributed by atoms with Crippen LogP contribution in [0.25, 0.3) is 0 Å². The molecule has 138 valence electrons. The molecular formula is C17H34O6. The Hall–Kier alpha value is -0.690. The first-order valence-corrected chi connectivity index (χ1v) is 8.35. The topological polar surface area (TPSA) is 107 Å². The Morgan fingerprint density at radius 3 is 1.83 bits per heavy atom. The minimum Gasteiger partial charge on any atom is -0.466 e. The molecule has 0 fully saturated rings. The van der Waals surface area contributed by atoms with Gasteiger partial charge in [-0.2, -0.15) is 0 Å². The van der Waals surface area contributed by atoms with Gasteiger partial charge in [-0.25, -0.2) is 0 Å². The van der Waals surface area contributed by atoms with Crippen LogP contribution in [0.1, 0.15) is 66.7 Å². The number of hydrogen-bond acceptors (Lipinski definition) is 6. The largest absolute Gasteiger partial charge is 0.466 e. The van der Waals surface area contributed by atoms with Crippen LogP contribution in [0, 0.1) is 16.7 Å². The number of unbranched alkanes of at least 4 members (excludes halogenated alkanes) is 1. The summed E-state index contributed by atoms with van der Waals surface area (Å²) in [5, 5.41) is 38.6. The number of carbonyl (C=O) groups is 1. The summed E-state index contributed by atoms with van der Waals surface area (Å²) >= 11 is 0. The number of rotatable bonds is 11. The molecule has 0 spiro atoms. The third-order valence-corrected chi connectivity index (χ3v) is 4.76. The fraction of sp³-hybridized carbons (Fsp3) is 0.941. The van der Waals surface area contributed by atoms with Crippen molar-refractivity contribution < 1.29 is 30.0 Å². The molecule has 0 unspecified atom stereocenters. The molecule has 0 rings (SSSR count). The van der Waals surface area contributed by atoms with Crippen molar-refractivity contribution in [1.29, 1.82) is 0 Å². The standard InChI is InChI=1S/C17H34O6/c1-6-7-10-13(18)23-11-8-9-12(16(2,3)14(19)20)17(4,5)15(21)22/h12,14-15,19-22H,6-11H2,1-5H3. The van der Waals surface area contributed by atoms with Crippen LogP contribution in [-0.4, -0.2) is 45.6 Å². The molecule has 6 nitrogen and oxygen atoms in total. The van der Waals surface area contributed by atoms with Crippen LogP contribution in [0.2, 0.25) is 0 Å². The molecule has 0 radical (unpaired) electrons. The molecule has 0 aliphatic carbocycles. The summed E-state index contributed by atoms with van der Waals surface area (Å²) in [5.41, 5.74) is -1.86. The SMILES string of the molecule is CCCCC(=O)OCCCC(C(C)(C)C(O)O)C(C)(C)C(O)O. The first kappa shape index (κ1) is 22.3. The Bertz CT molecular complexity index is 329. The highest BCUT2D eigenvalue weighted by molar-refractivity contribution is 5.69. The second kappa shape index (κ2) is 9.57. The molecule has 0 aliphatic heterocycles. The Balaban J connectivity index is 4.72. The molecule has 0 bridgehead atoms. The third-order valence-electron chi connectivity index (χ3n) is 4.76. The second-order valence-electron chi connectivity index (χ2n) is 7.41. The molecular weight excluding hydrogens is 300 g/mol. The van der Waals surface area contributed by atoms with Gasteiger partial charge in [-0.05, 0) is 25.2 Å². The number of carbonyl (C=O) groups excluding carboxylic acids is 1. The van der Waals surface area contributed by atoms with E-state index in [0.29, 0.717) is 19.3 Å². The normalized spacial score (nSPS) is 13.2. The lowest BCUT2D eigenvalue weighted by Gasteiger charge is -2.46. The summed E-state index contributed by atoms with van der Waals surface area (Å²) in [6, 6.07) is 0.